The normalized spacial score (nSPS) is 11.4. The minimum Gasteiger partial charge on any atom is -0.344 e. The third-order valence-electron chi connectivity index (χ3n) is 7.18. The number of nitrogens with one attached hydrogen (secondary N) is 1. The van der Waals surface area contributed by atoms with Gasteiger partial charge >= 0.3 is 6.43 Å². The van der Waals surface area contributed by atoms with Crippen LogP contribution in [0.3, 0.4) is 0 Å². The first-order valence-electron chi connectivity index (χ1n) is 15.1. The first-order valence-corrected chi connectivity index (χ1v) is 19.5. The first-order chi connectivity index (χ1) is 24.7. The van der Waals surface area contributed by atoms with E-state index in [-0.39, 0.29) is 47.6 Å². The number of hydrogen-bond acceptors (Lipinski definition) is 8. The lowest BCUT2D eigenvalue weighted by Gasteiger charge is -2.23. The van der Waals surface area contributed by atoms with Crippen molar-refractivity contribution in [1.29, 1.82) is 0 Å². The molecule has 0 atom stereocenters. The molecule has 0 aliphatic rings. The van der Waals surface area contributed by atoms with Crippen LogP contribution in [0.1, 0.15) is 31.8 Å². The number of amides is 1. The van der Waals surface area contributed by atoms with E-state index < -0.39 is 62.1 Å². The van der Waals surface area contributed by atoms with Gasteiger partial charge in [0, 0.05) is 32.3 Å². The van der Waals surface area contributed by atoms with Crippen molar-refractivity contribution >= 4 is 72.1 Å². The summed E-state index contributed by atoms with van der Waals surface area (Å²) in [5, 5.41) is 2.39. The van der Waals surface area contributed by atoms with E-state index in [1.165, 1.54) is 42.5 Å². The van der Waals surface area contributed by atoms with E-state index in [0.29, 0.717) is 15.7 Å². The van der Waals surface area contributed by atoms with Gasteiger partial charge < -0.3 is 11.1 Å². The van der Waals surface area contributed by atoms with Gasteiger partial charge in [-0.2, -0.15) is 8.78 Å². The highest BCUT2D eigenvalue weighted by molar-refractivity contribution is 7.92. The van der Waals surface area contributed by atoms with Crippen molar-refractivity contribution in [3.05, 3.63) is 129 Å². The Morgan fingerprint density at radius 2 is 1.11 bits per heavy atom. The van der Waals surface area contributed by atoms with Gasteiger partial charge in [0.1, 0.15) is 11.6 Å². The summed E-state index contributed by atoms with van der Waals surface area (Å²) in [5.41, 5.74) is 5.90. The highest BCUT2D eigenvalue weighted by Gasteiger charge is 2.23. The van der Waals surface area contributed by atoms with Crippen LogP contribution in [0.5, 0.6) is 0 Å². The zero-order chi connectivity index (χ0) is 39.7. The Hall–Kier alpha value is -4.55. The Bertz CT molecular complexity index is 2210. The number of halogens is 6. The minimum absolute atomic E-state index is 0.0245. The van der Waals surface area contributed by atoms with Crippen molar-refractivity contribution in [3.8, 4) is 0 Å². The second-order valence-electron chi connectivity index (χ2n) is 11.2. The summed E-state index contributed by atoms with van der Waals surface area (Å²) in [6.07, 6.45) is -1.29. The van der Waals surface area contributed by atoms with Gasteiger partial charge in [0.15, 0.2) is 11.6 Å². The van der Waals surface area contributed by atoms with Gasteiger partial charge in [-0.25, -0.2) is 25.6 Å². The molecule has 0 radical (unpaired) electrons. The third kappa shape index (κ3) is 12.5. The molecule has 3 N–H and O–H groups in total. The average molecular weight is 820 g/mol. The Balaban J connectivity index is 0.000000290. The third-order valence-corrected chi connectivity index (χ3v) is 9.93. The van der Waals surface area contributed by atoms with Crippen molar-refractivity contribution in [2.45, 2.75) is 19.5 Å². The number of anilines is 2. The van der Waals surface area contributed by atoms with Gasteiger partial charge in [-0.1, -0.05) is 59.6 Å². The van der Waals surface area contributed by atoms with Crippen LogP contribution in [-0.2, 0) is 37.9 Å². The van der Waals surface area contributed by atoms with Gasteiger partial charge in [0.2, 0.25) is 20.0 Å². The zero-order valence-electron chi connectivity index (χ0n) is 27.9. The summed E-state index contributed by atoms with van der Waals surface area (Å²) in [5.74, 6) is -4.33. The molecule has 0 bridgehead atoms. The number of benzene rings is 4. The van der Waals surface area contributed by atoms with Crippen molar-refractivity contribution in [2.75, 3.05) is 34.2 Å². The molecule has 0 heterocycles. The highest BCUT2D eigenvalue weighted by atomic mass is 35.5. The maximum atomic E-state index is 14.5. The topological polar surface area (TPSA) is 164 Å². The molecule has 0 aromatic heterocycles. The molecule has 0 aliphatic carbocycles. The predicted molar refractivity (Wildman–Crippen MR) is 194 cm³/mol. The summed E-state index contributed by atoms with van der Waals surface area (Å²) in [6, 6.07) is 19.4. The molecule has 0 unspecified atom stereocenters. The summed E-state index contributed by atoms with van der Waals surface area (Å²) in [6.45, 7) is -1.53. The Morgan fingerprint density at radius 3 is 1.45 bits per heavy atom. The number of Topliss-reactive ketones (excluding diaryl/α,β-unsaturated/α-hetero) is 2. The summed E-state index contributed by atoms with van der Waals surface area (Å²) < 4.78 is 103. The van der Waals surface area contributed by atoms with Crippen molar-refractivity contribution in [3.63, 3.8) is 0 Å². The molecule has 4 aromatic rings. The Labute approximate surface area is 313 Å². The number of carbonyl (C=O) groups excluding carboxylic acids is 3. The number of carbonyl (C=O) groups is 3. The molecule has 4 rings (SSSR count). The van der Waals surface area contributed by atoms with Crippen LogP contribution < -0.4 is 19.7 Å². The van der Waals surface area contributed by atoms with Gasteiger partial charge in [-0.05, 0) is 48.5 Å². The lowest BCUT2D eigenvalue weighted by Crippen LogP contribution is -2.34. The number of hydrogen-bond donors (Lipinski definition) is 2. The zero-order valence-corrected chi connectivity index (χ0v) is 31.0. The second kappa shape index (κ2) is 18.5. The molecule has 4 aromatic carbocycles. The summed E-state index contributed by atoms with van der Waals surface area (Å²) in [4.78, 5) is 34.2. The van der Waals surface area contributed by atoms with E-state index in [1.54, 1.807) is 35.6 Å². The maximum absolute atomic E-state index is 14.5. The molecule has 1 amide bonds. The molecule has 0 fully saturated rings. The van der Waals surface area contributed by atoms with E-state index in [2.05, 4.69) is 0 Å². The molecule has 11 nitrogen and oxygen atoms in total. The van der Waals surface area contributed by atoms with Crippen molar-refractivity contribution in [2.24, 2.45) is 5.73 Å². The van der Waals surface area contributed by atoms with Gasteiger partial charge in [0.25, 0.3) is 5.91 Å². The molecule has 0 aliphatic heterocycles. The first kappa shape index (κ1) is 42.9. The average Bonchev–Trinajstić information content (AvgIpc) is 3.08. The molecule has 53 heavy (non-hydrogen) atoms. The lowest BCUT2D eigenvalue weighted by molar-refractivity contribution is -0.131. The number of alkyl halides is 2. The van der Waals surface area contributed by atoms with E-state index in [0.717, 1.165) is 33.3 Å². The lowest BCUT2D eigenvalue weighted by atomic mass is 10.1. The van der Waals surface area contributed by atoms with E-state index in [1.807, 2.05) is 0 Å². The molecular weight excluding hydrogens is 787 g/mol. The maximum Gasteiger partial charge on any atom is 0.315 e. The molecule has 19 heteroatoms. The number of nitrogens with zero attached hydrogens (tertiary/aromatic N) is 2. The summed E-state index contributed by atoms with van der Waals surface area (Å²) in [7, 11) is -7.44. The van der Waals surface area contributed by atoms with Gasteiger partial charge in [0.05, 0.1) is 50.1 Å². The molecule has 0 saturated carbocycles. The van der Waals surface area contributed by atoms with Gasteiger partial charge in [-0.3, -0.25) is 23.0 Å². The van der Waals surface area contributed by atoms with E-state index in [9.17, 15) is 48.8 Å². The van der Waals surface area contributed by atoms with Crippen LogP contribution in [0.15, 0.2) is 84.9 Å². The number of ketones is 2. The van der Waals surface area contributed by atoms with E-state index in [4.69, 9.17) is 28.9 Å². The van der Waals surface area contributed by atoms with Crippen LogP contribution in [0.2, 0.25) is 10.0 Å². The number of sulfonamides is 2. The number of rotatable bonds is 14. The molecule has 0 spiro atoms. The smallest absolute Gasteiger partial charge is 0.315 e. The van der Waals surface area contributed by atoms with Crippen LogP contribution in [0.4, 0.5) is 28.9 Å². The van der Waals surface area contributed by atoms with Crippen molar-refractivity contribution < 1.29 is 48.8 Å². The van der Waals surface area contributed by atoms with Crippen LogP contribution in [0.25, 0.3) is 0 Å². The quantitative estimate of drug-likeness (QED) is 0.123. The van der Waals surface area contributed by atoms with Gasteiger partial charge in [-0.15, -0.1) is 0 Å². The SMILES string of the molecule is CS(=O)(=O)N(Cc1ccc(C(=O)CN)cc1F)c1cccc(Cl)c1.CS(=O)(=O)N(Cc1ccc(C(=O)CNC(=O)C(F)F)cc1F)c1cccc(Cl)c1. The molecular formula is C34H32Cl2F4N4O7S2. The fraction of sp³-hybridized carbons (Fsp3) is 0.206. The fourth-order valence-electron chi connectivity index (χ4n) is 4.53. The largest absolute Gasteiger partial charge is 0.344 e. The monoisotopic (exact) mass is 818 g/mol. The fourth-order valence-corrected chi connectivity index (χ4v) is 6.64. The highest BCUT2D eigenvalue weighted by Crippen LogP contribution is 2.26. The van der Waals surface area contributed by atoms with Crippen LogP contribution in [-0.4, -0.2) is 66.3 Å². The standard InChI is InChI=1S/C18H16ClF3N2O4S.C16H16ClFN2O3S/c1-29(27,28)24(14-4-2-3-13(19)8-14)10-12-6-5-11(7-15(12)20)16(25)9-23-18(26)17(21)22;1-24(22,23)20(14-4-2-3-13(17)8-14)10-12-6-5-11(7-15(12)18)16(21)9-19/h2-8,17H,9-10H2,1H3,(H,23,26);2-8H,9-10,19H2,1H3. The Kier molecular flexibility index (Phi) is 14.9. The second-order valence-corrected chi connectivity index (χ2v) is 15.9. The van der Waals surface area contributed by atoms with Crippen LogP contribution in [0, 0.1) is 11.6 Å². The Morgan fingerprint density at radius 1 is 0.698 bits per heavy atom. The van der Waals surface area contributed by atoms with Crippen molar-refractivity contribution in [1.82, 2.24) is 5.32 Å². The van der Waals surface area contributed by atoms with E-state index >= 15 is 0 Å². The summed E-state index contributed by atoms with van der Waals surface area (Å²) >= 11 is 11.8. The minimum atomic E-state index is -3.78. The molecule has 284 valence electrons. The predicted octanol–water partition coefficient (Wildman–Crippen LogP) is 5.60. The number of nitrogens with two attached hydrogens (primary N) is 1. The molecule has 0 saturated heterocycles. The van der Waals surface area contributed by atoms with Crippen LogP contribution >= 0.6 is 23.2 Å².